The van der Waals surface area contributed by atoms with Gasteiger partial charge < -0.3 is 20.7 Å². The molecule has 0 fully saturated rings. The lowest BCUT2D eigenvalue weighted by molar-refractivity contribution is -0.134. The van der Waals surface area contributed by atoms with Crippen LogP contribution in [0.25, 0.3) is 0 Å². The van der Waals surface area contributed by atoms with E-state index in [0.717, 1.165) is 11.3 Å². The lowest BCUT2D eigenvalue weighted by atomic mass is 10.0. The van der Waals surface area contributed by atoms with Crippen LogP contribution >= 0.6 is 0 Å². The van der Waals surface area contributed by atoms with Crippen LogP contribution in [0.5, 0.6) is 0 Å². The first kappa shape index (κ1) is 21.2. The van der Waals surface area contributed by atoms with Gasteiger partial charge in [-0.25, -0.2) is 4.79 Å². The number of aliphatic imine (C=N–C) groups is 1. The summed E-state index contributed by atoms with van der Waals surface area (Å²) < 4.78 is 4.56. The molecule has 150 valence electrons. The average molecular weight is 384 g/mol. The van der Waals surface area contributed by atoms with Gasteiger partial charge in [-0.1, -0.05) is 44.2 Å². The summed E-state index contributed by atoms with van der Waals surface area (Å²) in [6, 6.07) is 9.33. The van der Waals surface area contributed by atoms with Gasteiger partial charge in [0.25, 0.3) is 0 Å². The van der Waals surface area contributed by atoms with E-state index >= 15 is 0 Å². The lowest BCUT2D eigenvalue weighted by Gasteiger charge is -2.20. The number of amidine groups is 1. The van der Waals surface area contributed by atoms with Crippen LogP contribution in [0.3, 0.4) is 0 Å². The van der Waals surface area contributed by atoms with Crippen LogP contribution in [0, 0.1) is 5.92 Å². The number of nitrogens with zero attached hydrogens (tertiary/aromatic N) is 1. The van der Waals surface area contributed by atoms with Crippen molar-refractivity contribution in [3.63, 3.8) is 0 Å². The molecule has 1 aliphatic heterocycles. The summed E-state index contributed by atoms with van der Waals surface area (Å²) in [6.45, 7) is 5.06. The van der Waals surface area contributed by atoms with E-state index in [1.807, 2.05) is 30.3 Å². The Labute approximate surface area is 166 Å². The number of ether oxygens (including phenoxy) is 1. The van der Waals surface area contributed by atoms with Gasteiger partial charge in [0.05, 0.1) is 19.4 Å². The Morgan fingerprint density at radius 1 is 1.29 bits per heavy atom. The maximum Gasteiger partial charge on any atom is 0.330 e. The van der Waals surface area contributed by atoms with Crippen molar-refractivity contribution in [2.24, 2.45) is 10.9 Å². The largest absolute Gasteiger partial charge is 0.466 e. The van der Waals surface area contributed by atoms with Crippen LogP contribution in [0.2, 0.25) is 0 Å². The van der Waals surface area contributed by atoms with E-state index in [2.05, 4.69) is 39.5 Å². The van der Waals surface area contributed by atoms with Crippen molar-refractivity contribution in [2.45, 2.75) is 32.9 Å². The Bertz CT molecular complexity index is 754. The maximum absolute atomic E-state index is 12.7. The molecule has 0 aliphatic carbocycles. The topological polar surface area (TPSA) is 91.8 Å². The van der Waals surface area contributed by atoms with Gasteiger partial charge in [-0.05, 0) is 24.0 Å². The summed E-state index contributed by atoms with van der Waals surface area (Å²) in [5, 5.41) is 9.20. The molecule has 28 heavy (non-hydrogen) atoms. The van der Waals surface area contributed by atoms with Crippen molar-refractivity contribution < 1.29 is 14.3 Å². The van der Waals surface area contributed by atoms with E-state index in [-0.39, 0.29) is 5.91 Å². The Morgan fingerprint density at radius 2 is 2.04 bits per heavy atom. The number of carbonyl (C=O) groups excluding carboxylic acids is 2. The summed E-state index contributed by atoms with van der Waals surface area (Å²) in [5.74, 6) is 0.500. The van der Waals surface area contributed by atoms with Crippen molar-refractivity contribution >= 4 is 17.7 Å². The van der Waals surface area contributed by atoms with Gasteiger partial charge >= 0.3 is 5.97 Å². The fourth-order valence-electron chi connectivity index (χ4n) is 2.62. The van der Waals surface area contributed by atoms with Gasteiger partial charge in [0.1, 0.15) is 11.9 Å². The van der Waals surface area contributed by atoms with Crippen molar-refractivity contribution in [3.8, 4) is 0 Å². The van der Waals surface area contributed by atoms with Gasteiger partial charge in [-0.3, -0.25) is 9.79 Å². The van der Waals surface area contributed by atoms with Gasteiger partial charge in [0.15, 0.2) is 0 Å². The van der Waals surface area contributed by atoms with E-state index in [9.17, 15) is 9.59 Å². The highest BCUT2D eigenvalue weighted by Gasteiger charge is 2.20. The van der Waals surface area contributed by atoms with Crippen molar-refractivity contribution in [3.05, 3.63) is 59.9 Å². The number of esters is 1. The monoisotopic (exact) mass is 384 g/mol. The van der Waals surface area contributed by atoms with Crippen LogP contribution < -0.4 is 16.0 Å². The molecule has 0 spiro atoms. The number of carbonyl (C=O) groups is 2. The third-order valence-corrected chi connectivity index (χ3v) is 4.07. The molecule has 1 amide bonds. The van der Waals surface area contributed by atoms with E-state index in [0.29, 0.717) is 31.3 Å². The van der Waals surface area contributed by atoms with Crippen LogP contribution in [0.4, 0.5) is 0 Å². The normalized spacial score (nSPS) is 16.3. The molecular weight excluding hydrogens is 356 g/mol. The minimum absolute atomic E-state index is 0.0905. The molecular formula is C21H28N4O3. The zero-order chi connectivity index (χ0) is 20.4. The standard InChI is InChI=1S/C21H28N4O3/c1-15(2)11-18(21(27)24-12-16-7-5-4-6-8-16)25-19-14-22-17(13-23-19)9-10-20(26)28-3/h4-10,13,15,18,22H,11-12,14H2,1-3H3,(H,23,25)(H,24,27)/b10-9+. The molecule has 3 N–H and O–H groups in total. The smallest absolute Gasteiger partial charge is 0.330 e. The Balaban J connectivity index is 1.99. The lowest BCUT2D eigenvalue weighted by Crippen LogP contribution is -2.40. The fraction of sp³-hybridized carbons (Fsp3) is 0.381. The van der Waals surface area contributed by atoms with Crippen LogP contribution in [-0.4, -0.2) is 37.4 Å². The first-order valence-electron chi connectivity index (χ1n) is 9.33. The summed E-state index contributed by atoms with van der Waals surface area (Å²) in [5.41, 5.74) is 1.78. The number of hydrogen-bond donors (Lipinski definition) is 3. The zero-order valence-corrected chi connectivity index (χ0v) is 16.6. The number of nitrogens with one attached hydrogen (secondary N) is 3. The minimum atomic E-state index is -0.464. The molecule has 1 unspecified atom stereocenters. The molecule has 7 heteroatoms. The van der Waals surface area contributed by atoms with Gasteiger partial charge in [0.2, 0.25) is 5.91 Å². The third-order valence-electron chi connectivity index (χ3n) is 4.07. The average Bonchev–Trinajstić information content (AvgIpc) is 2.71. The summed E-state index contributed by atoms with van der Waals surface area (Å²) in [4.78, 5) is 28.4. The summed E-state index contributed by atoms with van der Waals surface area (Å²) in [6.07, 6.45) is 5.32. The summed E-state index contributed by atoms with van der Waals surface area (Å²) in [7, 11) is 1.33. The Hall–Kier alpha value is -3.09. The number of methoxy groups -OCH3 is 1. The quantitative estimate of drug-likeness (QED) is 0.470. The van der Waals surface area contributed by atoms with Crippen molar-refractivity contribution in [2.75, 3.05) is 13.7 Å². The van der Waals surface area contributed by atoms with Crippen LogP contribution in [-0.2, 0) is 20.9 Å². The fourth-order valence-corrected chi connectivity index (χ4v) is 2.62. The highest BCUT2D eigenvalue weighted by molar-refractivity contribution is 5.91. The maximum atomic E-state index is 12.7. The summed E-state index contributed by atoms with van der Waals surface area (Å²) >= 11 is 0. The second-order valence-electron chi connectivity index (χ2n) is 6.88. The molecule has 1 atom stereocenters. The predicted octanol–water partition coefficient (Wildman–Crippen LogP) is 1.88. The Morgan fingerprint density at radius 3 is 2.64 bits per heavy atom. The van der Waals surface area contributed by atoms with E-state index in [1.165, 1.54) is 13.2 Å². The highest BCUT2D eigenvalue weighted by Crippen LogP contribution is 2.10. The van der Waals surface area contributed by atoms with Crippen molar-refractivity contribution in [1.29, 1.82) is 0 Å². The molecule has 1 heterocycles. The number of allylic oxidation sites excluding steroid dienone is 1. The number of hydrogen-bond acceptors (Lipinski definition) is 5. The Kier molecular flexibility index (Phi) is 8.27. The molecule has 0 radical (unpaired) electrons. The third kappa shape index (κ3) is 7.26. The van der Waals surface area contributed by atoms with E-state index in [4.69, 9.17) is 0 Å². The SMILES string of the molecule is COC(=O)/C=C/C1=CNC(=NC(CC(C)C)C(=O)NCc2ccccc2)CN1. The first-order valence-corrected chi connectivity index (χ1v) is 9.33. The first-order chi connectivity index (χ1) is 13.5. The van der Waals surface area contributed by atoms with Gasteiger partial charge in [0, 0.05) is 18.8 Å². The predicted molar refractivity (Wildman–Crippen MR) is 109 cm³/mol. The minimum Gasteiger partial charge on any atom is -0.466 e. The highest BCUT2D eigenvalue weighted by atomic mass is 16.5. The number of benzene rings is 1. The van der Waals surface area contributed by atoms with Gasteiger partial charge in [-0.15, -0.1) is 0 Å². The van der Waals surface area contributed by atoms with Crippen molar-refractivity contribution in [1.82, 2.24) is 16.0 Å². The second kappa shape index (κ2) is 10.9. The van der Waals surface area contributed by atoms with E-state index in [1.54, 1.807) is 12.3 Å². The molecule has 1 aromatic rings. The van der Waals surface area contributed by atoms with Crippen LogP contribution in [0.1, 0.15) is 25.8 Å². The molecule has 2 rings (SSSR count). The molecule has 1 aromatic carbocycles. The van der Waals surface area contributed by atoms with Gasteiger partial charge in [-0.2, -0.15) is 0 Å². The molecule has 1 aliphatic rings. The molecule has 7 nitrogen and oxygen atoms in total. The van der Waals surface area contributed by atoms with Crippen LogP contribution in [0.15, 0.2) is 59.4 Å². The molecule has 0 saturated carbocycles. The number of amides is 1. The number of rotatable bonds is 8. The molecule has 0 aromatic heterocycles. The zero-order valence-electron chi connectivity index (χ0n) is 16.6. The van der Waals surface area contributed by atoms with E-state index < -0.39 is 12.0 Å². The second-order valence-corrected chi connectivity index (χ2v) is 6.88. The molecule has 0 saturated heterocycles. The molecule has 0 bridgehead atoms.